The van der Waals surface area contributed by atoms with Crippen LogP contribution in [0.3, 0.4) is 0 Å². The standard InChI is InChI=1S/C36H24N2/c1-3-12-24(13-4-1)26-18-11-21-32(34(26)25-14-5-2-6-15-25)38-31-20-10-8-17-29(31)35-33(38)23-22-28-27-16-7-9-19-30(27)37-36(28)35/h1-23,37H. The van der Waals surface area contributed by atoms with Crippen molar-refractivity contribution in [1.82, 2.24) is 9.55 Å². The van der Waals surface area contributed by atoms with Gasteiger partial charge in [0, 0.05) is 32.6 Å². The first kappa shape index (κ1) is 21.0. The Kier molecular flexibility index (Phi) is 4.55. The van der Waals surface area contributed by atoms with Crippen LogP contribution in [0, 0.1) is 0 Å². The second kappa shape index (κ2) is 8.22. The zero-order chi connectivity index (χ0) is 25.1. The van der Waals surface area contributed by atoms with Crippen LogP contribution in [0.25, 0.3) is 71.6 Å². The third-order valence-corrected chi connectivity index (χ3v) is 7.75. The fraction of sp³-hybridized carbons (Fsp3) is 0. The lowest BCUT2D eigenvalue weighted by molar-refractivity contribution is 1.18. The lowest BCUT2D eigenvalue weighted by Crippen LogP contribution is -1.99. The predicted molar refractivity (Wildman–Crippen MR) is 161 cm³/mol. The molecule has 0 radical (unpaired) electrons. The number of benzene rings is 6. The van der Waals surface area contributed by atoms with Crippen molar-refractivity contribution >= 4 is 43.6 Å². The molecule has 8 rings (SSSR count). The summed E-state index contributed by atoms with van der Waals surface area (Å²) in [4.78, 5) is 3.75. The number of rotatable bonds is 3. The summed E-state index contributed by atoms with van der Waals surface area (Å²) in [5.74, 6) is 0. The summed E-state index contributed by atoms with van der Waals surface area (Å²) >= 11 is 0. The minimum atomic E-state index is 1.17. The van der Waals surface area contributed by atoms with Crippen molar-refractivity contribution in [3.8, 4) is 27.9 Å². The third kappa shape index (κ3) is 3.01. The molecule has 38 heavy (non-hydrogen) atoms. The van der Waals surface area contributed by atoms with Crippen LogP contribution in [-0.4, -0.2) is 9.55 Å². The molecule has 0 saturated carbocycles. The Morgan fingerprint density at radius 1 is 0.447 bits per heavy atom. The number of fused-ring (bicyclic) bond motifs is 7. The molecule has 1 N–H and O–H groups in total. The molecule has 2 heteroatoms. The third-order valence-electron chi connectivity index (χ3n) is 7.75. The Labute approximate surface area is 220 Å². The Morgan fingerprint density at radius 3 is 1.95 bits per heavy atom. The van der Waals surface area contributed by atoms with Gasteiger partial charge in [-0.1, -0.05) is 115 Å². The van der Waals surface area contributed by atoms with Crippen LogP contribution in [0.2, 0.25) is 0 Å². The number of hydrogen-bond donors (Lipinski definition) is 1. The molecule has 178 valence electrons. The lowest BCUT2D eigenvalue weighted by Gasteiger charge is -2.18. The highest BCUT2D eigenvalue weighted by molar-refractivity contribution is 6.25. The highest BCUT2D eigenvalue weighted by atomic mass is 15.0. The van der Waals surface area contributed by atoms with Crippen LogP contribution in [-0.2, 0) is 0 Å². The number of para-hydroxylation sites is 2. The summed E-state index contributed by atoms with van der Waals surface area (Å²) in [6, 6.07) is 50.1. The van der Waals surface area contributed by atoms with Crippen molar-refractivity contribution in [2.24, 2.45) is 0 Å². The molecule has 6 aromatic carbocycles. The van der Waals surface area contributed by atoms with E-state index in [0.29, 0.717) is 0 Å². The lowest BCUT2D eigenvalue weighted by atomic mass is 9.93. The Hall–Kier alpha value is -5.08. The first-order chi connectivity index (χ1) is 18.9. The normalized spacial score (nSPS) is 11.7. The number of H-pyrrole nitrogens is 1. The summed E-state index contributed by atoms with van der Waals surface area (Å²) in [5, 5.41) is 5.04. The van der Waals surface area contributed by atoms with E-state index >= 15 is 0 Å². The molecule has 2 heterocycles. The van der Waals surface area contributed by atoms with Gasteiger partial charge in [-0.15, -0.1) is 0 Å². The molecule has 8 aromatic rings. The van der Waals surface area contributed by atoms with E-state index < -0.39 is 0 Å². The number of aromatic nitrogens is 2. The molecule has 0 atom stereocenters. The van der Waals surface area contributed by atoms with Gasteiger partial charge in [-0.2, -0.15) is 0 Å². The Balaban J connectivity index is 1.54. The zero-order valence-corrected chi connectivity index (χ0v) is 20.7. The van der Waals surface area contributed by atoms with E-state index in [0.717, 1.165) is 0 Å². The van der Waals surface area contributed by atoms with Crippen LogP contribution in [0.4, 0.5) is 0 Å². The molecule has 0 aliphatic rings. The monoisotopic (exact) mass is 484 g/mol. The van der Waals surface area contributed by atoms with E-state index in [2.05, 4.69) is 149 Å². The predicted octanol–water partition coefficient (Wildman–Crippen LogP) is 9.75. The van der Waals surface area contributed by atoms with Gasteiger partial charge in [-0.05, 0) is 41.0 Å². The average Bonchev–Trinajstić information content (AvgIpc) is 3.53. The van der Waals surface area contributed by atoms with Crippen molar-refractivity contribution in [1.29, 1.82) is 0 Å². The second-order valence-corrected chi connectivity index (χ2v) is 9.84. The van der Waals surface area contributed by atoms with Crippen molar-refractivity contribution in [3.05, 3.63) is 140 Å². The maximum Gasteiger partial charge on any atom is 0.0566 e. The minimum absolute atomic E-state index is 1.17. The van der Waals surface area contributed by atoms with Crippen molar-refractivity contribution in [2.75, 3.05) is 0 Å². The van der Waals surface area contributed by atoms with Gasteiger partial charge in [0.15, 0.2) is 0 Å². The smallest absolute Gasteiger partial charge is 0.0566 e. The van der Waals surface area contributed by atoms with Gasteiger partial charge in [0.1, 0.15) is 0 Å². The zero-order valence-electron chi connectivity index (χ0n) is 20.7. The van der Waals surface area contributed by atoms with E-state index in [-0.39, 0.29) is 0 Å². The molecule has 0 saturated heterocycles. The fourth-order valence-electron chi connectivity index (χ4n) is 6.13. The summed E-state index contributed by atoms with van der Waals surface area (Å²) in [7, 11) is 0. The van der Waals surface area contributed by atoms with E-state index in [1.165, 1.54) is 71.6 Å². The van der Waals surface area contributed by atoms with Crippen molar-refractivity contribution in [3.63, 3.8) is 0 Å². The molecule has 2 aromatic heterocycles. The molecule has 0 amide bonds. The van der Waals surface area contributed by atoms with Crippen LogP contribution in [0.1, 0.15) is 0 Å². The van der Waals surface area contributed by atoms with Crippen molar-refractivity contribution in [2.45, 2.75) is 0 Å². The van der Waals surface area contributed by atoms with Gasteiger partial charge in [0.2, 0.25) is 0 Å². The Bertz CT molecular complexity index is 2110. The SMILES string of the molecule is c1ccc(-c2cccc(-n3c4ccccc4c4c5[nH]c6ccccc6c5ccc43)c2-c2ccccc2)cc1. The van der Waals surface area contributed by atoms with E-state index in [4.69, 9.17) is 0 Å². The fourth-order valence-corrected chi connectivity index (χ4v) is 6.13. The van der Waals surface area contributed by atoms with Gasteiger partial charge >= 0.3 is 0 Å². The molecule has 0 fully saturated rings. The van der Waals surface area contributed by atoms with Crippen LogP contribution >= 0.6 is 0 Å². The Morgan fingerprint density at radius 2 is 1.13 bits per heavy atom. The van der Waals surface area contributed by atoms with E-state index in [1.807, 2.05) is 0 Å². The first-order valence-corrected chi connectivity index (χ1v) is 13.1. The summed E-state index contributed by atoms with van der Waals surface area (Å²) in [5.41, 5.74) is 10.8. The quantitative estimate of drug-likeness (QED) is 0.258. The number of hydrogen-bond acceptors (Lipinski definition) is 0. The number of nitrogens with one attached hydrogen (secondary N) is 1. The highest BCUT2D eigenvalue weighted by Gasteiger charge is 2.20. The molecule has 0 unspecified atom stereocenters. The summed E-state index contributed by atoms with van der Waals surface area (Å²) < 4.78 is 2.45. The molecule has 0 aliphatic carbocycles. The van der Waals surface area contributed by atoms with Gasteiger partial charge in [0.05, 0.1) is 22.2 Å². The maximum atomic E-state index is 3.75. The van der Waals surface area contributed by atoms with Gasteiger partial charge in [0.25, 0.3) is 0 Å². The molecule has 0 aliphatic heterocycles. The van der Waals surface area contributed by atoms with Gasteiger partial charge in [-0.25, -0.2) is 0 Å². The summed E-state index contributed by atoms with van der Waals surface area (Å²) in [6.45, 7) is 0. The van der Waals surface area contributed by atoms with E-state index in [1.54, 1.807) is 0 Å². The average molecular weight is 485 g/mol. The number of aromatic amines is 1. The minimum Gasteiger partial charge on any atom is -0.354 e. The van der Waals surface area contributed by atoms with E-state index in [9.17, 15) is 0 Å². The van der Waals surface area contributed by atoms with Crippen LogP contribution in [0.15, 0.2) is 140 Å². The maximum absolute atomic E-state index is 3.75. The largest absolute Gasteiger partial charge is 0.354 e. The highest BCUT2D eigenvalue weighted by Crippen LogP contribution is 2.43. The summed E-state index contributed by atoms with van der Waals surface area (Å²) in [6.07, 6.45) is 0. The van der Waals surface area contributed by atoms with Crippen LogP contribution in [0.5, 0.6) is 0 Å². The van der Waals surface area contributed by atoms with Gasteiger partial charge in [-0.3, -0.25) is 0 Å². The number of nitrogens with zero attached hydrogens (tertiary/aromatic N) is 1. The molecule has 2 nitrogen and oxygen atoms in total. The first-order valence-electron chi connectivity index (χ1n) is 13.1. The van der Waals surface area contributed by atoms with Crippen molar-refractivity contribution < 1.29 is 0 Å². The van der Waals surface area contributed by atoms with Gasteiger partial charge < -0.3 is 9.55 Å². The molecule has 0 bridgehead atoms. The van der Waals surface area contributed by atoms with Crippen LogP contribution < -0.4 is 0 Å². The molecule has 0 spiro atoms. The molecular weight excluding hydrogens is 460 g/mol. The topological polar surface area (TPSA) is 20.7 Å². The second-order valence-electron chi connectivity index (χ2n) is 9.84. The molecular formula is C36H24N2.